The molecule has 0 aliphatic heterocycles. The van der Waals surface area contributed by atoms with Crippen LogP contribution in [0.1, 0.15) is 57.4 Å². The van der Waals surface area contributed by atoms with E-state index in [2.05, 4.69) is 43.5 Å². The minimum Gasteiger partial charge on any atom is -0.107 e. The Bertz CT molecular complexity index is 773. The molecule has 0 N–H and O–H groups in total. The lowest BCUT2D eigenvalue weighted by molar-refractivity contribution is -0.409. The van der Waals surface area contributed by atoms with Crippen molar-refractivity contribution >= 4 is 14.7 Å². The molecule has 0 heterocycles. The van der Waals surface area contributed by atoms with Gasteiger partial charge in [0.2, 0.25) is 0 Å². The van der Waals surface area contributed by atoms with Crippen molar-refractivity contribution < 1.29 is 0 Å². The third-order valence-corrected chi connectivity index (χ3v) is 11.3. The molecule has 9 fully saturated rings. The van der Waals surface area contributed by atoms with E-state index in [9.17, 15) is 0 Å². The molecular formula is C24H28Si. The topological polar surface area (TPSA) is 0 Å². The summed E-state index contributed by atoms with van der Waals surface area (Å²) in [5, 5.41) is 1.60. The van der Waals surface area contributed by atoms with E-state index in [0.717, 1.165) is 49.4 Å². The first-order valence-electron chi connectivity index (χ1n) is 10.5. The summed E-state index contributed by atoms with van der Waals surface area (Å²) in [6, 6.07) is 9.45. The lowest BCUT2D eigenvalue weighted by atomic mass is 9.14. The summed E-state index contributed by atoms with van der Waals surface area (Å²) in [6.45, 7) is 6.70. The molecule has 10 rings (SSSR count). The highest BCUT2D eigenvalue weighted by Gasteiger charge is 2.86. The highest BCUT2D eigenvalue weighted by molar-refractivity contribution is 6.59. The van der Waals surface area contributed by atoms with E-state index >= 15 is 0 Å². The minimum atomic E-state index is 0.529. The molecular weight excluding hydrogens is 316 g/mol. The van der Waals surface area contributed by atoms with Gasteiger partial charge in [0.05, 0.1) is 0 Å². The molecule has 0 saturated heterocycles. The van der Waals surface area contributed by atoms with Gasteiger partial charge in [-0.25, -0.2) is 0 Å². The van der Waals surface area contributed by atoms with Crippen LogP contribution in [0.25, 0.3) is 0 Å². The predicted octanol–water partition coefficient (Wildman–Crippen LogP) is 4.65. The molecule has 0 amide bonds. The van der Waals surface area contributed by atoms with Crippen LogP contribution in [0.5, 0.6) is 0 Å². The number of hydrogen-bond acceptors (Lipinski definition) is 0. The van der Waals surface area contributed by atoms with Crippen LogP contribution in [0.4, 0.5) is 0 Å². The first-order chi connectivity index (χ1) is 12.0. The fourth-order valence-electron chi connectivity index (χ4n) is 10.6. The first kappa shape index (κ1) is 14.3. The molecule has 1 heteroatoms. The molecule has 25 heavy (non-hydrogen) atoms. The summed E-state index contributed by atoms with van der Waals surface area (Å²) in [5.74, 6) is 4.32. The van der Waals surface area contributed by atoms with Crippen LogP contribution in [0.15, 0.2) is 36.5 Å². The largest absolute Gasteiger partial charge is 0.111 e. The first-order valence-corrected chi connectivity index (χ1v) is 11.6. The van der Waals surface area contributed by atoms with Gasteiger partial charge in [-0.05, 0) is 95.8 Å². The van der Waals surface area contributed by atoms with E-state index in [1.165, 1.54) is 19.3 Å². The van der Waals surface area contributed by atoms with Crippen LogP contribution in [0.3, 0.4) is 0 Å². The Balaban J connectivity index is 1.39. The molecule has 1 aromatic rings. The summed E-state index contributed by atoms with van der Waals surface area (Å²) in [6.07, 6.45) is 11.0. The van der Waals surface area contributed by atoms with Crippen LogP contribution < -0.4 is 5.19 Å². The molecule has 4 unspecified atom stereocenters. The fraction of sp³-hybridized carbons (Fsp3) is 0.667. The van der Waals surface area contributed by atoms with Crippen LogP contribution in [0, 0.1) is 39.9 Å². The molecule has 2 radical (unpaired) electrons. The van der Waals surface area contributed by atoms with Gasteiger partial charge in [0.15, 0.2) is 0 Å². The van der Waals surface area contributed by atoms with Crippen LogP contribution >= 0.6 is 0 Å². The quantitative estimate of drug-likeness (QED) is 0.700. The highest BCUT2D eigenvalue weighted by atomic mass is 28.2. The van der Waals surface area contributed by atoms with Crippen molar-refractivity contribution in [3.8, 4) is 0 Å². The van der Waals surface area contributed by atoms with E-state index in [-0.39, 0.29) is 0 Å². The second-order valence-electron chi connectivity index (χ2n) is 11.2. The van der Waals surface area contributed by atoms with Crippen molar-refractivity contribution in [3.63, 3.8) is 0 Å². The zero-order chi connectivity index (χ0) is 16.7. The Hall–Kier alpha value is -0.823. The lowest BCUT2D eigenvalue weighted by Gasteiger charge is -2.90. The van der Waals surface area contributed by atoms with Crippen molar-refractivity contribution in [2.75, 3.05) is 0 Å². The second kappa shape index (κ2) is 3.88. The molecule has 0 nitrogen and oxygen atoms in total. The Morgan fingerprint density at radius 3 is 2.44 bits per heavy atom. The van der Waals surface area contributed by atoms with Gasteiger partial charge >= 0.3 is 0 Å². The molecule has 9 aliphatic rings. The van der Waals surface area contributed by atoms with E-state index < -0.39 is 0 Å². The van der Waals surface area contributed by atoms with Crippen LogP contribution in [-0.2, 0) is 5.41 Å². The molecule has 9 saturated carbocycles. The van der Waals surface area contributed by atoms with Crippen molar-refractivity contribution in [2.24, 2.45) is 39.9 Å². The third kappa shape index (κ3) is 1.31. The van der Waals surface area contributed by atoms with Crippen molar-refractivity contribution in [3.05, 3.63) is 42.1 Å². The van der Waals surface area contributed by atoms with Gasteiger partial charge < -0.3 is 0 Å². The van der Waals surface area contributed by atoms with Gasteiger partial charge in [0, 0.05) is 0 Å². The normalized spacial score (nSPS) is 58.4. The van der Waals surface area contributed by atoms with Crippen LogP contribution in [0.2, 0.25) is 0 Å². The molecule has 0 aromatic heterocycles. The Labute approximate surface area is 154 Å². The monoisotopic (exact) mass is 344 g/mol. The third-order valence-electron chi connectivity index (χ3n) is 10.4. The Morgan fingerprint density at radius 1 is 1.00 bits per heavy atom. The summed E-state index contributed by atoms with van der Waals surface area (Å²) in [4.78, 5) is 0. The second-order valence-corrected chi connectivity index (χ2v) is 12.5. The van der Waals surface area contributed by atoms with E-state index in [1.54, 1.807) is 36.4 Å². The average Bonchev–Trinajstić information content (AvgIpc) is 2.58. The van der Waals surface area contributed by atoms with Crippen LogP contribution in [-0.4, -0.2) is 9.52 Å². The van der Waals surface area contributed by atoms with Gasteiger partial charge in [-0.1, -0.05) is 36.4 Å². The lowest BCUT2D eigenvalue weighted by Crippen LogP contribution is -2.84. The molecule has 9 aliphatic carbocycles. The highest BCUT2D eigenvalue weighted by Crippen LogP contribution is 2.93. The molecule has 2 spiro atoms. The zero-order valence-electron chi connectivity index (χ0n) is 15.4. The summed E-state index contributed by atoms with van der Waals surface area (Å²) in [5.41, 5.74) is 6.73. The standard InChI is InChI=1S/C24H28Si/c1-3-25-19-7-5-4-6-16(19)22-9-17-15-8-21(2)12-23(17)14-24(13-21,18(15)10-22)20(23)11-22/h3-7,15,17-18,20H,1,8-14H2,2H3. The van der Waals surface area contributed by atoms with Gasteiger partial charge in [0.1, 0.15) is 9.52 Å². The fourth-order valence-corrected chi connectivity index (χ4v) is 11.5. The SMILES string of the molecule is C=C[Si]c1ccccc1C12CC3C4CC5(C)CC36CC(C5)(C4C1)C6C2. The smallest absolute Gasteiger partial charge is 0.107 e. The van der Waals surface area contributed by atoms with E-state index in [0.29, 0.717) is 5.41 Å². The predicted molar refractivity (Wildman–Crippen MR) is 103 cm³/mol. The Morgan fingerprint density at radius 2 is 1.72 bits per heavy atom. The summed E-state index contributed by atoms with van der Waals surface area (Å²) < 4.78 is 0. The minimum absolute atomic E-state index is 0.529. The maximum absolute atomic E-state index is 4.05. The van der Waals surface area contributed by atoms with Crippen molar-refractivity contribution in [2.45, 2.75) is 57.3 Å². The van der Waals surface area contributed by atoms with Gasteiger partial charge in [-0.2, -0.15) is 0 Å². The maximum Gasteiger partial charge on any atom is 0.111 e. The molecule has 128 valence electrons. The zero-order valence-corrected chi connectivity index (χ0v) is 16.4. The molecule has 4 atom stereocenters. The number of benzene rings is 1. The van der Waals surface area contributed by atoms with Crippen molar-refractivity contribution in [1.82, 2.24) is 0 Å². The van der Waals surface area contributed by atoms with Gasteiger partial charge in [-0.3, -0.25) is 0 Å². The van der Waals surface area contributed by atoms with Gasteiger partial charge in [0.25, 0.3) is 0 Å². The molecule has 1 aromatic carbocycles. The Kier molecular flexibility index (Phi) is 2.22. The number of hydrogen-bond donors (Lipinski definition) is 0. The summed E-state index contributed by atoms with van der Waals surface area (Å²) >= 11 is 0. The average molecular weight is 345 g/mol. The van der Waals surface area contributed by atoms with Gasteiger partial charge in [-0.15, -0.1) is 12.3 Å². The summed E-state index contributed by atoms with van der Waals surface area (Å²) in [7, 11) is 0.783. The molecule has 8 bridgehead atoms. The van der Waals surface area contributed by atoms with Crippen molar-refractivity contribution in [1.29, 1.82) is 0 Å². The maximum atomic E-state index is 4.05. The number of rotatable bonds is 3. The van der Waals surface area contributed by atoms with E-state index in [4.69, 9.17) is 0 Å². The van der Waals surface area contributed by atoms with E-state index in [1.807, 2.05) is 0 Å².